The number of carbonyl (C=O) groups is 1. The average molecular weight is 354 g/mol. The molecule has 0 fully saturated rings. The van der Waals surface area contributed by atoms with E-state index >= 15 is 0 Å². The molecule has 8 nitrogen and oxygen atoms in total. The van der Waals surface area contributed by atoms with Gasteiger partial charge < -0.3 is 10.1 Å². The van der Waals surface area contributed by atoms with E-state index in [1.807, 2.05) is 6.07 Å². The zero-order valence-electron chi connectivity index (χ0n) is 14.4. The van der Waals surface area contributed by atoms with E-state index in [2.05, 4.69) is 10.3 Å². The SMILES string of the molecule is CCOc1ccnc2c1c(=O)n(CC(=O)Nc1ccccc1)c(=O)n2C. The maximum Gasteiger partial charge on any atom is 0.332 e. The van der Waals surface area contributed by atoms with Crippen molar-refractivity contribution in [3.63, 3.8) is 0 Å². The number of amides is 1. The fraction of sp³-hybridized carbons (Fsp3) is 0.222. The Morgan fingerprint density at radius 1 is 1.19 bits per heavy atom. The molecular formula is C18H18N4O4. The summed E-state index contributed by atoms with van der Waals surface area (Å²) in [6.07, 6.45) is 1.47. The molecule has 0 bridgehead atoms. The van der Waals surface area contributed by atoms with Crippen LogP contribution in [0.25, 0.3) is 11.0 Å². The molecule has 1 aromatic carbocycles. The normalized spacial score (nSPS) is 10.7. The summed E-state index contributed by atoms with van der Waals surface area (Å²) in [6, 6.07) is 10.4. The summed E-state index contributed by atoms with van der Waals surface area (Å²) in [5.41, 5.74) is -0.430. The summed E-state index contributed by atoms with van der Waals surface area (Å²) in [5.74, 6) is -0.146. The fourth-order valence-electron chi connectivity index (χ4n) is 2.66. The minimum absolute atomic E-state index is 0.170. The lowest BCUT2D eigenvalue weighted by Crippen LogP contribution is -2.42. The van der Waals surface area contributed by atoms with Crippen molar-refractivity contribution in [3.05, 3.63) is 63.4 Å². The zero-order chi connectivity index (χ0) is 18.7. The van der Waals surface area contributed by atoms with Crippen molar-refractivity contribution in [2.75, 3.05) is 11.9 Å². The Labute approximate surface area is 148 Å². The number of anilines is 1. The molecule has 3 aromatic rings. The number of ether oxygens (including phenoxy) is 1. The van der Waals surface area contributed by atoms with Crippen LogP contribution in [-0.4, -0.2) is 26.6 Å². The molecule has 1 amide bonds. The zero-order valence-corrected chi connectivity index (χ0v) is 14.4. The molecule has 0 aliphatic heterocycles. The van der Waals surface area contributed by atoms with Gasteiger partial charge in [0.15, 0.2) is 5.65 Å². The van der Waals surface area contributed by atoms with Crippen molar-refractivity contribution < 1.29 is 9.53 Å². The van der Waals surface area contributed by atoms with Crippen molar-refractivity contribution in [2.45, 2.75) is 13.5 Å². The molecular weight excluding hydrogens is 336 g/mol. The lowest BCUT2D eigenvalue weighted by molar-refractivity contribution is -0.116. The van der Waals surface area contributed by atoms with Gasteiger partial charge in [-0.3, -0.25) is 14.2 Å². The van der Waals surface area contributed by atoms with Crippen molar-refractivity contribution in [1.29, 1.82) is 0 Å². The van der Waals surface area contributed by atoms with Crippen LogP contribution >= 0.6 is 0 Å². The van der Waals surface area contributed by atoms with Gasteiger partial charge in [0.1, 0.15) is 17.7 Å². The Hall–Kier alpha value is -3.42. The summed E-state index contributed by atoms with van der Waals surface area (Å²) in [4.78, 5) is 41.7. The van der Waals surface area contributed by atoms with Gasteiger partial charge in [-0.25, -0.2) is 14.3 Å². The molecule has 1 N–H and O–H groups in total. The molecule has 0 spiro atoms. The van der Waals surface area contributed by atoms with E-state index in [0.717, 1.165) is 4.57 Å². The van der Waals surface area contributed by atoms with Crippen molar-refractivity contribution in [1.82, 2.24) is 14.1 Å². The van der Waals surface area contributed by atoms with Crippen molar-refractivity contribution >= 4 is 22.6 Å². The summed E-state index contributed by atoms with van der Waals surface area (Å²) in [5, 5.41) is 2.83. The minimum atomic E-state index is -0.619. The number of fused-ring (bicyclic) bond motifs is 1. The van der Waals surface area contributed by atoms with Crippen LogP contribution in [0.15, 0.2) is 52.2 Å². The topological polar surface area (TPSA) is 95.2 Å². The highest BCUT2D eigenvalue weighted by atomic mass is 16.5. The molecule has 3 rings (SSSR count). The van der Waals surface area contributed by atoms with E-state index in [9.17, 15) is 14.4 Å². The second kappa shape index (κ2) is 7.22. The van der Waals surface area contributed by atoms with Crippen molar-refractivity contribution in [3.8, 4) is 5.75 Å². The van der Waals surface area contributed by atoms with E-state index in [0.29, 0.717) is 18.0 Å². The van der Waals surface area contributed by atoms with Gasteiger partial charge in [0, 0.05) is 18.9 Å². The van der Waals surface area contributed by atoms with Crippen LogP contribution in [0.2, 0.25) is 0 Å². The number of carbonyl (C=O) groups excluding carboxylic acids is 1. The minimum Gasteiger partial charge on any atom is -0.493 e. The van der Waals surface area contributed by atoms with E-state index in [1.165, 1.54) is 17.8 Å². The van der Waals surface area contributed by atoms with Crippen LogP contribution in [0.3, 0.4) is 0 Å². The van der Waals surface area contributed by atoms with Gasteiger partial charge in [-0.1, -0.05) is 18.2 Å². The molecule has 0 aliphatic rings. The van der Waals surface area contributed by atoms with Crippen LogP contribution in [-0.2, 0) is 18.4 Å². The summed E-state index contributed by atoms with van der Waals surface area (Å²) < 4.78 is 7.59. The number of hydrogen-bond acceptors (Lipinski definition) is 5. The number of aryl methyl sites for hydroxylation is 1. The number of rotatable bonds is 5. The fourth-order valence-corrected chi connectivity index (χ4v) is 2.66. The Kier molecular flexibility index (Phi) is 4.83. The third kappa shape index (κ3) is 3.21. The molecule has 134 valence electrons. The number of aromatic nitrogens is 3. The van der Waals surface area contributed by atoms with Crippen molar-refractivity contribution in [2.24, 2.45) is 7.05 Å². The quantitative estimate of drug-likeness (QED) is 0.741. The predicted molar refractivity (Wildman–Crippen MR) is 97.5 cm³/mol. The maximum atomic E-state index is 12.8. The molecule has 8 heteroatoms. The molecule has 26 heavy (non-hydrogen) atoms. The molecule has 0 aliphatic carbocycles. The molecule has 2 aromatic heterocycles. The van der Waals surface area contributed by atoms with E-state index < -0.39 is 23.7 Å². The standard InChI is InChI=1S/C18H18N4O4/c1-3-26-13-9-10-19-16-15(13)17(24)22(18(25)21(16)2)11-14(23)20-12-7-5-4-6-8-12/h4-10H,3,11H2,1-2H3,(H,20,23). The number of para-hydroxylation sites is 1. The van der Waals surface area contributed by atoms with Gasteiger partial charge in [-0.2, -0.15) is 0 Å². The number of hydrogen-bond donors (Lipinski definition) is 1. The third-order valence-electron chi connectivity index (χ3n) is 3.85. The highest BCUT2D eigenvalue weighted by Crippen LogP contribution is 2.18. The van der Waals surface area contributed by atoms with Gasteiger partial charge >= 0.3 is 5.69 Å². The summed E-state index contributed by atoms with van der Waals surface area (Å²) in [6.45, 7) is 1.74. The summed E-state index contributed by atoms with van der Waals surface area (Å²) in [7, 11) is 1.50. The molecule has 0 unspecified atom stereocenters. The van der Waals surface area contributed by atoms with Gasteiger partial charge in [0.2, 0.25) is 5.91 Å². The van der Waals surface area contributed by atoms with E-state index in [-0.39, 0.29) is 11.0 Å². The lowest BCUT2D eigenvalue weighted by atomic mass is 10.3. The molecule has 0 saturated heterocycles. The third-order valence-corrected chi connectivity index (χ3v) is 3.85. The smallest absolute Gasteiger partial charge is 0.332 e. The Balaban J connectivity index is 2.06. The second-order valence-corrected chi connectivity index (χ2v) is 5.59. The first kappa shape index (κ1) is 17.4. The van der Waals surface area contributed by atoms with E-state index in [4.69, 9.17) is 4.74 Å². The molecule has 0 radical (unpaired) electrons. The van der Waals surface area contributed by atoms with Gasteiger partial charge in [0.05, 0.1) is 6.61 Å². The second-order valence-electron chi connectivity index (χ2n) is 5.59. The van der Waals surface area contributed by atoms with Crippen LogP contribution in [0.1, 0.15) is 6.92 Å². The average Bonchev–Trinajstić information content (AvgIpc) is 2.64. The van der Waals surface area contributed by atoms with Gasteiger partial charge in [-0.15, -0.1) is 0 Å². The Morgan fingerprint density at radius 3 is 2.62 bits per heavy atom. The Bertz CT molecular complexity index is 1070. The first-order chi connectivity index (χ1) is 12.5. The van der Waals surface area contributed by atoms with Gasteiger partial charge in [-0.05, 0) is 25.1 Å². The monoisotopic (exact) mass is 354 g/mol. The van der Waals surface area contributed by atoms with Crippen LogP contribution in [0.4, 0.5) is 5.69 Å². The molecule has 2 heterocycles. The number of benzene rings is 1. The summed E-state index contributed by atoms with van der Waals surface area (Å²) >= 11 is 0. The number of pyridine rings is 1. The van der Waals surface area contributed by atoms with Crippen LogP contribution < -0.4 is 21.3 Å². The molecule has 0 atom stereocenters. The van der Waals surface area contributed by atoms with Crippen LogP contribution in [0, 0.1) is 0 Å². The number of nitrogens with one attached hydrogen (secondary N) is 1. The van der Waals surface area contributed by atoms with E-state index in [1.54, 1.807) is 37.3 Å². The largest absolute Gasteiger partial charge is 0.493 e. The highest BCUT2D eigenvalue weighted by molar-refractivity contribution is 5.90. The van der Waals surface area contributed by atoms with Crippen LogP contribution in [0.5, 0.6) is 5.75 Å². The van der Waals surface area contributed by atoms with Gasteiger partial charge in [0.25, 0.3) is 5.56 Å². The first-order valence-corrected chi connectivity index (χ1v) is 8.09. The highest BCUT2D eigenvalue weighted by Gasteiger charge is 2.18. The first-order valence-electron chi connectivity index (χ1n) is 8.09. The Morgan fingerprint density at radius 2 is 1.92 bits per heavy atom. The predicted octanol–water partition coefficient (Wildman–Crippen LogP) is 1.13. The maximum absolute atomic E-state index is 12.8. The lowest BCUT2D eigenvalue weighted by Gasteiger charge is -2.12. The number of nitrogens with zero attached hydrogens (tertiary/aromatic N) is 3. The molecule has 0 saturated carbocycles.